The van der Waals surface area contributed by atoms with Crippen molar-refractivity contribution in [2.45, 2.75) is 25.0 Å². The van der Waals surface area contributed by atoms with E-state index in [2.05, 4.69) is 262 Å². The number of nitrogens with zero attached hydrogens (tertiary/aromatic N) is 6. The molecule has 2 unspecified atom stereocenters. The van der Waals surface area contributed by atoms with Gasteiger partial charge in [-0.3, -0.25) is 0 Å². The molecule has 90 heavy (non-hydrogen) atoms. The van der Waals surface area contributed by atoms with Crippen LogP contribution in [0.15, 0.2) is 231 Å². The molecule has 0 amide bonds. The smallest absolute Gasteiger partial charge is 0.340 e. The summed E-state index contributed by atoms with van der Waals surface area (Å²) in [5, 5.41) is 0. The second kappa shape index (κ2) is 25.0. The normalized spacial score (nSPS) is 15.9. The lowest BCUT2D eigenvalue weighted by Crippen LogP contribution is -2.25. The van der Waals surface area contributed by atoms with Gasteiger partial charge < -0.3 is 38.9 Å². The molecule has 0 radical (unpaired) electrons. The standard InChI is InChI=1S/C80H80N6O4/c1-53-15-19-55(20-16-53)71(57-23-35-63(36-24-57)81(3)4)49-79(51-73(59-27-39-65(40-28-59)83(7)8)60-29-41-66(42-30-60)84(9)10)75-48-76-70(47-69(75)77(87)89-79)78(88)90-80(76,50-72(56-21-17-54(2)18-22-56)58-25-37-64(38-26-58)82(5)6)52-74(61-31-43-67(44-32-61)85(11)12)62-33-45-68(46-34-62)86(13)14/h15-52H,1-14H3/b71-49-,72-50+. The van der Waals surface area contributed by atoms with Crippen LogP contribution in [-0.4, -0.2) is 96.5 Å². The Bertz CT molecular complexity index is 3850. The minimum Gasteiger partial charge on any atom is -0.442 e. The molecule has 9 aromatic rings. The number of hydrogen-bond acceptors (Lipinski definition) is 10. The van der Waals surface area contributed by atoms with E-state index >= 15 is 9.59 Å². The number of carbonyl (C=O) groups is 2. The Labute approximate surface area is 532 Å². The highest BCUT2D eigenvalue weighted by atomic mass is 16.6. The predicted octanol–water partition coefficient (Wildman–Crippen LogP) is 16.0. The molecule has 2 aliphatic heterocycles. The average molecular weight is 1190 g/mol. The zero-order chi connectivity index (χ0) is 63.8. The number of anilines is 6. The van der Waals surface area contributed by atoms with E-state index < -0.39 is 23.1 Å². The molecule has 2 aliphatic rings. The van der Waals surface area contributed by atoms with Gasteiger partial charge in [0.25, 0.3) is 0 Å². The molecule has 0 bridgehead atoms. The van der Waals surface area contributed by atoms with Crippen LogP contribution in [0.4, 0.5) is 34.1 Å². The molecule has 2 heterocycles. The van der Waals surface area contributed by atoms with E-state index in [0.29, 0.717) is 11.1 Å². The number of ether oxygens (including phenoxy) is 2. The van der Waals surface area contributed by atoms with Crippen molar-refractivity contribution in [1.29, 1.82) is 0 Å². The zero-order valence-electron chi connectivity index (χ0n) is 54.3. The highest BCUT2D eigenvalue weighted by molar-refractivity contribution is 6.04. The van der Waals surface area contributed by atoms with Crippen LogP contribution in [0.5, 0.6) is 0 Å². The fraction of sp³-hybridized carbons (Fsp3) is 0.200. The highest BCUT2D eigenvalue weighted by Crippen LogP contribution is 2.52. The van der Waals surface area contributed by atoms with Gasteiger partial charge in [0.1, 0.15) is 0 Å². The van der Waals surface area contributed by atoms with Gasteiger partial charge in [-0.1, -0.05) is 132 Å². The van der Waals surface area contributed by atoms with E-state index in [4.69, 9.17) is 9.47 Å². The number of cyclic esters (lactones) is 2. The van der Waals surface area contributed by atoms with Gasteiger partial charge in [-0.15, -0.1) is 0 Å². The molecule has 0 aromatic heterocycles. The Balaban J connectivity index is 1.29. The summed E-state index contributed by atoms with van der Waals surface area (Å²) in [5.74, 6) is -1.14. The van der Waals surface area contributed by atoms with E-state index in [1.54, 1.807) is 6.07 Å². The molecule has 9 aromatic carbocycles. The third-order valence-electron chi connectivity index (χ3n) is 17.3. The number of esters is 2. The van der Waals surface area contributed by atoms with Crippen molar-refractivity contribution >= 4 is 68.4 Å². The molecule has 0 fully saturated rings. The quantitative estimate of drug-likeness (QED) is 0.0776. The molecule has 0 saturated heterocycles. The van der Waals surface area contributed by atoms with Gasteiger partial charge in [-0.25, -0.2) is 9.59 Å². The lowest BCUT2D eigenvalue weighted by atomic mass is 9.78. The van der Waals surface area contributed by atoms with Crippen molar-refractivity contribution in [3.05, 3.63) is 308 Å². The van der Waals surface area contributed by atoms with E-state index in [9.17, 15) is 0 Å². The van der Waals surface area contributed by atoms with Crippen molar-refractivity contribution in [2.75, 3.05) is 114 Å². The maximum absolute atomic E-state index is 15.5. The first-order valence-corrected chi connectivity index (χ1v) is 30.5. The van der Waals surface area contributed by atoms with Crippen LogP contribution in [0.25, 0.3) is 22.3 Å². The lowest BCUT2D eigenvalue weighted by Gasteiger charge is -2.29. The molecule has 0 N–H and O–H groups in total. The molecule has 10 heteroatoms. The Morgan fingerprint density at radius 2 is 0.456 bits per heavy atom. The molecule has 0 saturated carbocycles. The zero-order valence-corrected chi connectivity index (χ0v) is 54.3. The van der Waals surface area contributed by atoms with E-state index in [1.807, 2.05) is 90.6 Å². The largest absolute Gasteiger partial charge is 0.442 e. The minimum absolute atomic E-state index is 0.259. The summed E-state index contributed by atoms with van der Waals surface area (Å²) < 4.78 is 14.4. The van der Waals surface area contributed by atoms with Gasteiger partial charge in [0.2, 0.25) is 0 Å². The third-order valence-corrected chi connectivity index (χ3v) is 17.3. The Morgan fingerprint density at radius 3 is 0.633 bits per heavy atom. The predicted molar refractivity (Wildman–Crippen MR) is 376 cm³/mol. The van der Waals surface area contributed by atoms with Crippen molar-refractivity contribution in [3.8, 4) is 0 Å². The molecule has 454 valence electrons. The molecule has 2 atom stereocenters. The summed E-state index contributed by atoms with van der Waals surface area (Å²) in [4.78, 5) is 43.5. The van der Waals surface area contributed by atoms with Gasteiger partial charge in [0, 0.05) is 130 Å². The molecule has 10 nitrogen and oxygen atoms in total. The van der Waals surface area contributed by atoms with Crippen LogP contribution >= 0.6 is 0 Å². The van der Waals surface area contributed by atoms with Crippen molar-refractivity contribution in [1.82, 2.24) is 0 Å². The number of benzene rings is 9. The Morgan fingerprint density at radius 1 is 0.278 bits per heavy atom. The maximum atomic E-state index is 15.5. The van der Waals surface area contributed by atoms with Gasteiger partial charge in [-0.05, 0) is 190 Å². The topological polar surface area (TPSA) is 72.0 Å². The molecular formula is C80H80N6O4. The summed E-state index contributed by atoms with van der Waals surface area (Å²) >= 11 is 0. The second-order valence-corrected chi connectivity index (χ2v) is 24.9. The minimum atomic E-state index is -1.63. The fourth-order valence-electron chi connectivity index (χ4n) is 11.9. The molecule has 0 aliphatic carbocycles. The van der Waals surface area contributed by atoms with E-state index in [-0.39, 0.29) is 11.1 Å². The number of fused-ring (bicyclic) bond motifs is 2. The molecule has 11 rings (SSSR count). The Hall–Kier alpha value is -10.3. The summed E-state index contributed by atoms with van der Waals surface area (Å²) in [6.45, 7) is 4.16. The lowest BCUT2D eigenvalue weighted by molar-refractivity contribution is 0.0294. The summed E-state index contributed by atoms with van der Waals surface area (Å²) in [6, 6.07) is 71.6. The first kappa shape index (κ1) is 61.3. The van der Waals surface area contributed by atoms with E-state index in [1.165, 1.54) is 0 Å². The fourth-order valence-corrected chi connectivity index (χ4v) is 11.9. The second-order valence-electron chi connectivity index (χ2n) is 24.9. The number of aryl methyl sites for hydroxylation is 2. The summed E-state index contributed by atoms with van der Waals surface area (Å²) in [5.41, 5.74) is 17.5. The monoisotopic (exact) mass is 1190 g/mol. The van der Waals surface area contributed by atoms with Crippen LogP contribution in [0.1, 0.15) is 87.5 Å². The van der Waals surface area contributed by atoms with Crippen LogP contribution in [0.3, 0.4) is 0 Å². The van der Waals surface area contributed by atoms with Gasteiger partial charge in [-0.2, -0.15) is 0 Å². The number of carbonyl (C=O) groups excluding carboxylic acids is 2. The average Bonchev–Trinajstić information content (AvgIpc) is 1.54. The third kappa shape index (κ3) is 12.4. The van der Waals surface area contributed by atoms with Crippen LogP contribution in [0, 0.1) is 13.8 Å². The van der Waals surface area contributed by atoms with E-state index in [0.717, 1.165) is 112 Å². The van der Waals surface area contributed by atoms with Crippen molar-refractivity contribution in [2.24, 2.45) is 0 Å². The number of hydrogen-bond donors (Lipinski definition) is 0. The van der Waals surface area contributed by atoms with Crippen molar-refractivity contribution < 1.29 is 19.1 Å². The summed E-state index contributed by atoms with van der Waals surface area (Å²) in [6.07, 6.45) is 8.44. The number of rotatable bonds is 18. The summed E-state index contributed by atoms with van der Waals surface area (Å²) in [7, 11) is 24.4. The Kier molecular flexibility index (Phi) is 17.1. The first-order chi connectivity index (χ1) is 43.1. The first-order valence-electron chi connectivity index (χ1n) is 30.5. The molecular weight excluding hydrogens is 1110 g/mol. The van der Waals surface area contributed by atoms with Crippen LogP contribution < -0.4 is 29.4 Å². The highest BCUT2D eigenvalue weighted by Gasteiger charge is 2.50. The van der Waals surface area contributed by atoms with Crippen LogP contribution in [0.2, 0.25) is 0 Å². The van der Waals surface area contributed by atoms with Gasteiger partial charge in [0.05, 0.1) is 11.1 Å². The van der Waals surface area contributed by atoms with Gasteiger partial charge >= 0.3 is 11.9 Å². The molecule has 0 spiro atoms. The van der Waals surface area contributed by atoms with Crippen LogP contribution in [-0.2, 0) is 20.7 Å². The van der Waals surface area contributed by atoms with Crippen molar-refractivity contribution in [3.63, 3.8) is 0 Å². The maximum Gasteiger partial charge on any atom is 0.340 e. The SMILES string of the molecule is Cc1ccc(/C(=C/C2(C=C(c3ccc(N(C)C)cc3)c3ccc(N(C)C)cc3)OC(=O)c3cc4c(cc32)C(C=C(c2ccc(N(C)C)cc2)c2ccc(N(C)C)cc2)(/C=C(\c2ccc(C)cc2)c2ccc(N(C)C)cc2)OC4=O)c2ccc(N(C)C)cc2)cc1. The van der Waals surface area contributed by atoms with Gasteiger partial charge in [0.15, 0.2) is 11.2 Å².